The lowest BCUT2D eigenvalue weighted by molar-refractivity contribution is -0.141. The van der Waals surface area contributed by atoms with Crippen molar-refractivity contribution in [1.29, 1.82) is 0 Å². The predicted molar refractivity (Wildman–Crippen MR) is 73.4 cm³/mol. The highest BCUT2D eigenvalue weighted by Gasteiger charge is 2.12. The fraction of sp³-hybridized carbons (Fsp3) is 0.308. The number of fused-ring (bicyclic) bond motifs is 1. The minimum atomic E-state index is -0.847. The number of hydrogen-bond acceptors (Lipinski definition) is 4. The van der Waals surface area contributed by atoms with Gasteiger partial charge in [-0.15, -0.1) is 11.3 Å². The van der Waals surface area contributed by atoms with E-state index >= 15 is 0 Å². The second-order valence-corrected chi connectivity index (χ2v) is 5.21. The van der Waals surface area contributed by atoms with E-state index in [9.17, 15) is 9.59 Å². The SMILES string of the molecule is CC(CCNC(=O)c1ccc2ncsc2c1)C(=O)O. The lowest BCUT2D eigenvalue weighted by Gasteiger charge is -2.07. The lowest BCUT2D eigenvalue weighted by atomic mass is 10.1. The van der Waals surface area contributed by atoms with Crippen LogP contribution >= 0.6 is 11.3 Å². The van der Waals surface area contributed by atoms with Crippen molar-refractivity contribution >= 4 is 33.4 Å². The van der Waals surface area contributed by atoms with E-state index in [1.54, 1.807) is 30.6 Å². The van der Waals surface area contributed by atoms with Crippen molar-refractivity contribution in [1.82, 2.24) is 10.3 Å². The highest BCUT2D eigenvalue weighted by Crippen LogP contribution is 2.18. The first-order chi connectivity index (χ1) is 9.08. The molecule has 2 aromatic rings. The number of amides is 1. The molecule has 0 radical (unpaired) electrons. The van der Waals surface area contributed by atoms with Crippen LogP contribution in [0.4, 0.5) is 0 Å². The number of aliphatic carboxylic acids is 1. The number of rotatable bonds is 5. The Hall–Kier alpha value is -1.95. The Kier molecular flexibility index (Phi) is 4.11. The highest BCUT2D eigenvalue weighted by molar-refractivity contribution is 7.16. The molecule has 0 saturated carbocycles. The Bertz CT molecular complexity index is 609. The summed E-state index contributed by atoms with van der Waals surface area (Å²) in [5.74, 6) is -1.49. The molecule has 1 amide bonds. The summed E-state index contributed by atoms with van der Waals surface area (Å²) in [5.41, 5.74) is 3.18. The zero-order valence-electron chi connectivity index (χ0n) is 10.4. The molecule has 0 aliphatic heterocycles. The first-order valence-corrected chi connectivity index (χ1v) is 6.80. The molecule has 100 valence electrons. The van der Waals surface area contributed by atoms with Crippen LogP contribution in [0.25, 0.3) is 10.2 Å². The van der Waals surface area contributed by atoms with E-state index in [-0.39, 0.29) is 5.91 Å². The maximum absolute atomic E-state index is 11.9. The summed E-state index contributed by atoms with van der Waals surface area (Å²) in [4.78, 5) is 26.7. The van der Waals surface area contributed by atoms with Crippen molar-refractivity contribution < 1.29 is 14.7 Å². The Morgan fingerprint density at radius 2 is 2.26 bits per heavy atom. The first-order valence-electron chi connectivity index (χ1n) is 5.92. The predicted octanol–water partition coefficient (Wildman–Crippen LogP) is 2.14. The van der Waals surface area contributed by atoms with Gasteiger partial charge in [-0.1, -0.05) is 6.92 Å². The number of hydrogen-bond donors (Lipinski definition) is 2. The molecule has 0 saturated heterocycles. The van der Waals surface area contributed by atoms with Gasteiger partial charge in [0, 0.05) is 12.1 Å². The van der Waals surface area contributed by atoms with Gasteiger partial charge in [-0.05, 0) is 24.6 Å². The van der Waals surface area contributed by atoms with Crippen LogP contribution in [0.1, 0.15) is 23.7 Å². The van der Waals surface area contributed by atoms with Gasteiger partial charge in [-0.2, -0.15) is 0 Å². The summed E-state index contributed by atoms with van der Waals surface area (Å²) >= 11 is 1.48. The molecule has 6 heteroatoms. The molecule has 0 aliphatic carbocycles. The molecule has 5 nitrogen and oxygen atoms in total. The van der Waals surface area contributed by atoms with E-state index in [1.165, 1.54) is 11.3 Å². The molecule has 1 aromatic carbocycles. The van der Waals surface area contributed by atoms with Gasteiger partial charge in [-0.3, -0.25) is 9.59 Å². The highest BCUT2D eigenvalue weighted by atomic mass is 32.1. The Balaban J connectivity index is 1.94. The van der Waals surface area contributed by atoms with Crippen LogP contribution < -0.4 is 5.32 Å². The molecule has 0 bridgehead atoms. The van der Waals surface area contributed by atoms with Crippen molar-refractivity contribution in [3.63, 3.8) is 0 Å². The molecule has 0 aliphatic rings. The first kappa shape index (κ1) is 13.5. The number of thiazole rings is 1. The molecule has 19 heavy (non-hydrogen) atoms. The van der Waals surface area contributed by atoms with Crippen molar-refractivity contribution in [2.75, 3.05) is 6.54 Å². The molecular weight excluding hydrogens is 264 g/mol. The van der Waals surface area contributed by atoms with Crippen LogP contribution in [0, 0.1) is 5.92 Å². The summed E-state index contributed by atoms with van der Waals surface area (Å²) in [6.45, 7) is 1.98. The molecular formula is C13H14N2O3S. The minimum absolute atomic E-state index is 0.187. The molecule has 1 atom stereocenters. The van der Waals surface area contributed by atoms with Crippen LogP contribution in [0.15, 0.2) is 23.7 Å². The zero-order chi connectivity index (χ0) is 13.8. The quantitative estimate of drug-likeness (QED) is 0.878. The van der Waals surface area contributed by atoms with Gasteiger partial charge < -0.3 is 10.4 Å². The minimum Gasteiger partial charge on any atom is -0.481 e. The van der Waals surface area contributed by atoms with E-state index in [0.717, 1.165) is 10.2 Å². The fourth-order valence-electron chi connectivity index (χ4n) is 1.62. The van der Waals surface area contributed by atoms with Crippen molar-refractivity contribution in [3.05, 3.63) is 29.3 Å². The summed E-state index contributed by atoms with van der Waals surface area (Å²) in [6.07, 6.45) is 0.421. The number of benzene rings is 1. The molecule has 1 heterocycles. The summed E-state index contributed by atoms with van der Waals surface area (Å²) in [6, 6.07) is 5.32. The Morgan fingerprint density at radius 1 is 1.47 bits per heavy atom. The molecule has 2 N–H and O–H groups in total. The largest absolute Gasteiger partial charge is 0.481 e. The molecule has 2 rings (SSSR count). The van der Waals surface area contributed by atoms with E-state index in [1.807, 2.05) is 0 Å². The number of carbonyl (C=O) groups excluding carboxylic acids is 1. The van der Waals surface area contributed by atoms with Gasteiger partial charge in [0.1, 0.15) is 0 Å². The zero-order valence-corrected chi connectivity index (χ0v) is 11.2. The second kappa shape index (κ2) is 5.79. The third kappa shape index (κ3) is 3.29. The van der Waals surface area contributed by atoms with E-state index in [4.69, 9.17) is 5.11 Å². The second-order valence-electron chi connectivity index (χ2n) is 4.32. The topological polar surface area (TPSA) is 79.3 Å². The average molecular weight is 278 g/mol. The average Bonchev–Trinajstić information content (AvgIpc) is 2.85. The van der Waals surface area contributed by atoms with Crippen molar-refractivity contribution in [2.45, 2.75) is 13.3 Å². The third-order valence-electron chi connectivity index (χ3n) is 2.88. The van der Waals surface area contributed by atoms with Crippen LogP contribution in [-0.4, -0.2) is 28.5 Å². The molecule has 1 unspecified atom stereocenters. The Labute approximate surface area is 114 Å². The normalized spacial score (nSPS) is 12.3. The van der Waals surface area contributed by atoms with E-state index < -0.39 is 11.9 Å². The number of nitrogens with zero attached hydrogens (tertiary/aromatic N) is 1. The van der Waals surface area contributed by atoms with Crippen LogP contribution in [0.5, 0.6) is 0 Å². The summed E-state index contributed by atoms with van der Waals surface area (Å²) < 4.78 is 0.964. The molecule has 0 fully saturated rings. The number of aromatic nitrogens is 1. The molecule has 0 spiro atoms. The smallest absolute Gasteiger partial charge is 0.306 e. The number of carboxylic acid groups (broad SMARTS) is 1. The van der Waals surface area contributed by atoms with Crippen LogP contribution in [0.2, 0.25) is 0 Å². The van der Waals surface area contributed by atoms with Crippen LogP contribution in [0.3, 0.4) is 0 Å². The maximum atomic E-state index is 11.9. The number of carbonyl (C=O) groups is 2. The summed E-state index contributed by atoms with van der Waals surface area (Å²) in [7, 11) is 0. The van der Waals surface area contributed by atoms with E-state index in [0.29, 0.717) is 18.5 Å². The fourth-order valence-corrected chi connectivity index (χ4v) is 2.34. The van der Waals surface area contributed by atoms with Gasteiger partial charge in [0.2, 0.25) is 0 Å². The van der Waals surface area contributed by atoms with E-state index in [2.05, 4.69) is 10.3 Å². The number of nitrogens with one attached hydrogen (secondary N) is 1. The summed E-state index contributed by atoms with van der Waals surface area (Å²) in [5, 5.41) is 11.5. The van der Waals surface area contributed by atoms with Crippen molar-refractivity contribution in [2.24, 2.45) is 5.92 Å². The van der Waals surface area contributed by atoms with Crippen molar-refractivity contribution in [3.8, 4) is 0 Å². The third-order valence-corrected chi connectivity index (χ3v) is 3.67. The Morgan fingerprint density at radius 3 is 3.00 bits per heavy atom. The van der Waals surface area contributed by atoms with Gasteiger partial charge in [0.15, 0.2) is 0 Å². The number of carboxylic acids is 1. The van der Waals surface area contributed by atoms with Gasteiger partial charge in [-0.25, -0.2) is 4.98 Å². The molecule has 1 aromatic heterocycles. The van der Waals surface area contributed by atoms with Gasteiger partial charge >= 0.3 is 5.97 Å². The van der Waals surface area contributed by atoms with Gasteiger partial charge in [0.25, 0.3) is 5.91 Å². The van der Waals surface area contributed by atoms with Crippen LogP contribution in [-0.2, 0) is 4.79 Å². The van der Waals surface area contributed by atoms with Gasteiger partial charge in [0.05, 0.1) is 21.6 Å². The lowest BCUT2D eigenvalue weighted by Crippen LogP contribution is -2.26. The standard InChI is InChI=1S/C13H14N2O3S/c1-8(13(17)18)4-5-14-12(16)9-2-3-10-11(6-9)19-7-15-10/h2-3,6-8H,4-5H2,1H3,(H,14,16)(H,17,18). The monoisotopic (exact) mass is 278 g/mol. The maximum Gasteiger partial charge on any atom is 0.306 e.